The summed E-state index contributed by atoms with van der Waals surface area (Å²) in [6.07, 6.45) is 1.64. The third kappa shape index (κ3) is 5.18. The van der Waals surface area contributed by atoms with Crippen LogP contribution in [0.3, 0.4) is 0 Å². The van der Waals surface area contributed by atoms with Crippen molar-refractivity contribution >= 4 is 28.4 Å². The molecule has 1 saturated heterocycles. The molecule has 0 spiro atoms. The van der Waals surface area contributed by atoms with E-state index in [4.69, 9.17) is 9.15 Å². The number of rotatable bonds is 7. The number of hydrogen-bond acceptors (Lipinski definition) is 7. The van der Waals surface area contributed by atoms with Crippen LogP contribution in [0, 0.1) is 12.3 Å². The standard InChI is InChI=1S/C15H24N2O6S.ClH/c1-11-13(8-12(23-11)14(18)22-3)24(19,20)17-9-15(10-21-2)4-6-16-7-5-15;/h8,16-17H,4-7,9-10H2,1-3H3;1H. The largest absolute Gasteiger partial charge is 0.463 e. The van der Waals surface area contributed by atoms with E-state index < -0.39 is 16.0 Å². The number of esters is 1. The minimum absolute atomic E-state index is 0. The van der Waals surface area contributed by atoms with Crippen molar-refractivity contribution in [1.29, 1.82) is 0 Å². The highest BCUT2D eigenvalue weighted by molar-refractivity contribution is 7.89. The van der Waals surface area contributed by atoms with Crippen LogP contribution in [0.5, 0.6) is 0 Å². The highest BCUT2D eigenvalue weighted by Crippen LogP contribution is 2.29. The number of piperidine rings is 1. The minimum atomic E-state index is -3.80. The van der Waals surface area contributed by atoms with E-state index in [9.17, 15) is 13.2 Å². The van der Waals surface area contributed by atoms with E-state index in [2.05, 4.69) is 14.8 Å². The monoisotopic (exact) mass is 396 g/mol. The maximum absolute atomic E-state index is 12.6. The van der Waals surface area contributed by atoms with Crippen LogP contribution in [-0.4, -0.2) is 54.8 Å². The van der Waals surface area contributed by atoms with Gasteiger partial charge in [0.15, 0.2) is 0 Å². The molecule has 144 valence electrons. The number of ether oxygens (including phenoxy) is 2. The molecule has 10 heteroatoms. The van der Waals surface area contributed by atoms with Crippen LogP contribution in [0.2, 0.25) is 0 Å². The third-order valence-corrected chi connectivity index (χ3v) is 5.81. The Labute approximate surface area is 154 Å². The second kappa shape index (κ2) is 9.00. The third-order valence-electron chi connectivity index (χ3n) is 4.30. The summed E-state index contributed by atoms with van der Waals surface area (Å²) >= 11 is 0. The zero-order valence-corrected chi connectivity index (χ0v) is 16.2. The summed E-state index contributed by atoms with van der Waals surface area (Å²) < 4.78 is 42.8. The van der Waals surface area contributed by atoms with Crippen molar-refractivity contribution in [3.05, 3.63) is 17.6 Å². The number of nitrogens with one attached hydrogen (secondary N) is 2. The Hall–Kier alpha value is -1.13. The van der Waals surface area contributed by atoms with Crippen molar-refractivity contribution in [3.8, 4) is 0 Å². The first-order valence-electron chi connectivity index (χ1n) is 7.72. The zero-order chi connectivity index (χ0) is 17.8. The number of hydrogen-bond donors (Lipinski definition) is 2. The van der Waals surface area contributed by atoms with Crippen LogP contribution in [-0.2, 0) is 19.5 Å². The Balaban J connectivity index is 0.00000312. The summed E-state index contributed by atoms with van der Waals surface area (Å²) in [5, 5.41) is 3.26. The Morgan fingerprint density at radius 3 is 2.56 bits per heavy atom. The Morgan fingerprint density at radius 1 is 1.36 bits per heavy atom. The molecular formula is C15H25ClN2O6S. The Morgan fingerprint density at radius 2 is 2.00 bits per heavy atom. The first-order valence-corrected chi connectivity index (χ1v) is 9.20. The lowest BCUT2D eigenvalue weighted by Gasteiger charge is -2.37. The molecule has 1 aromatic rings. The number of halogens is 1. The van der Waals surface area contributed by atoms with Gasteiger partial charge in [0, 0.05) is 25.1 Å². The van der Waals surface area contributed by atoms with Gasteiger partial charge < -0.3 is 19.2 Å². The highest BCUT2D eigenvalue weighted by atomic mass is 35.5. The highest BCUT2D eigenvalue weighted by Gasteiger charge is 2.34. The maximum Gasteiger partial charge on any atom is 0.373 e. The molecular weight excluding hydrogens is 372 g/mol. The van der Waals surface area contributed by atoms with Gasteiger partial charge in [-0.1, -0.05) is 0 Å². The molecule has 0 aromatic carbocycles. The van der Waals surface area contributed by atoms with E-state index in [1.165, 1.54) is 20.1 Å². The van der Waals surface area contributed by atoms with Crippen LogP contribution >= 0.6 is 12.4 Å². The van der Waals surface area contributed by atoms with Crippen LogP contribution < -0.4 is 10.0 Å². The second-order valence-electron chi connectivity index (χ2n) is 6.03. The van der Waals surface area contributed by atoms with E-state index in [0.29, 0.717) is 6.61 Å². The molecule has 2 N–H and O–H groups in total. The van der Waals surface area contributed by atoms with Gasteiger partial charge in [-0.15, -0.1) is 12.4 Å². The van der Waals surface area contributed by atoms with Crippen molar-refractivity contribution in [2.24, 2.45) is 5.41 Å². The number of carbonyl (C=O) groups excluding carboxylic acids is 1. The normalized spacial score (nSPS) is 16.9. The molecule has 8 nitrogen and oxygen atoms in total. The molecule has 2 rings (SSSR count). The summed E-state index contributed by atoms with van der Waals surface area (Å²) in [6, 6.07) is 1.19. The van der Waals surface area contributed by atoms with E-state index in [1.807, 2.05) is 0 Å². The second-order valence-corrected chi connectivity index (χ2v) is 7.77. The van der Waals surface area contributed by atoms with Crippen LogP contribution in [0.4, 0.5) is 0 Å². The molecule has 0 atom stereocenters. The quantitative estimate of drug-likeness (QED) is 0.664. The average Bonchev–Trinajstić information content (AvgIpc) is 2.96. The van der Waals surface area contributed by atoms with Crippen molar-refractivity contribution in [2.75, 3.05) is 40.5 Å². The lowest BCUT2D eigenvalue weighted by molar-refractivity contribution is 0.0563. The summed E-state index contributed by atoms with van der Waals surface area (Å²) in [5.41, 5.74) is -0.240. The number of carbonyl (C=O) groups is 1. The summed E-state index contributed by atoms with van der Waals surface area (Å²) in [4.78, 5) is 11.4. The SMILES string of the molecule is COCC1(CNS(=O)(=O)c2cc(C(=O)OC)oc2C)CCNCC1.Cl. The fourth-order valence-corrected chi connectivity index (χ4v) is 4.23. The van der Waals surface area contributed by atoms with Crippen molar-refractivity contribution in [3.63, 3.8) is 0 Å². The van der Waals surface area contributed by atoms with Crippen LogP contribution in [0.1, 0.15) is 29.2 Å². The molecule has 25 heavy (non-hydrogen) atoms. The Kier molecular flexibility index (Phi) is 7.88. The van der Waals surface area contributed by atoms with Gasteiger partial charge in [0.2, 0.25) is 15.8 Å². The molecule has 1 aromatic heterocycles. The first kappa shape index (κ1) is 21.9. The molecule has 0 amide bonds. The van der Waals surface area contributed by atoms with Gasteiger partial charge in [-0.05, 0) is 32.9 Å². The molecule has 1 fully saturated rings. The minimum Gasteiger partial charge on any atom is -0.463 e. The molecule has 0 unspecified atom stereocenters. The lowest BCUT2D eigenvalue weighted by Crippen LogP contribution is -2.47. The molecule has 0 bridgehead atoms. The molecule has 1 aliphatic heterocycles. The number of furan rings is 1. The molecule has 2 heterocycles. The summed E-state index contributed by atoms with van der Waals surface area (Å²) in [6.45, 7) is 3.89. The van der Waals surface area contributed by atoms with Crippen molar-refractivity contribution in [2.45, 2.75) is 24.7 Å². The van der Waals surface area contributed by atoms with Gasteiger partial charge in [0.1, 0.15) is 10.7 Å². The fourth-order valence-electron chi connectivity index (χ4n) is 2.89. The van der Waals surface area contributed by atoms with E-state index in [0.717, 1.165) is 25.9 Å². The first-order chi connectivity index (χ1) is 11.3. The van der Waals surface area contributed by atoms with Crippen molar-refractivity contribution in [1.82, 2.24) is 10.0 Å². The van der Waals surface area contributed by atoms with Crippen LogP contribution in [0.25, 0.3) is 0 Å². The summed E-state index contributed by atoms with van der Waals surface area (Å²) in [5.74, 6) is -0.702. The Bertz CT molecular complexity index is 677. The van der Waals surface area contributed by atoms with Crippen molar-refractivity contribution < 1.29 is 27.1 Å². The molecule has 0 aliphatic carbocycles. The molecule has 1 aliphatic rings. The lowest BCUT2D eigenvalue weighted by atomic mass is 9.80. The van der Waals surface area contributed by atoms with Gasteiger partial charge in [-0.25, -0.2) is 17.9 Å². The van der Waals surface area contributed by atoms with Gasteiger partial charge >= 0.3 is 5.97 Å². The number of sulfonamides is 1. The molecule has 0 radical (unpaired) electrons. The zero-order valence-electron chi connectivity index (χ0n) is 14.6. The van der Waals surface area contributed by atoms with Gasteiger partial charge in [-0.3, -0.25) is 0 Å². The van der Waals surface area contributed by atoms with Crippen LogP contribution in [0.15, 0.2) is 15.4 Å². The topological polar surface area (TPSA) is 107 Å². The van der Waals surface area contributed by atoms with Gasteiger partial charge in [0.05, 0.1) is 13.7 Å². The number of aryl methyl sites for hydroxylation is 1. The van der Waals surface area contributed by atoms with E-state index >= 15 is 0 Å². The van der Waals surface area contributed by atoms with Gasteiger partial charge in [0.25, 0.3) is 0 Å². The van der Waals surface area contributed by atoms with E-state index in [1.54, 1.807) is 7.11 Å². The average molecular weight is 397 g/mol. The summed E-state index contributed by atoms with van der Waals surface area (Å²) in [7, 11) is -0.976. The molecule has 0 saturated carbocycles. The predicted molar refractivity (Wildman–Crippen MR) is 93.6 cm³/mol. The predicted octanol–water partition coefficient (Wildman–Crippen LogP) is 1.09. The van der Waals surface area contributed by atoms with Gasteiger partial charge in [-0.2, -0.15) is 0 Å². The number of methoxy groups -OCH3 is 2. The van der Waals surface area contributed by atoms with E-state index in [-0.39, 0.29) is 40.8 Å². The fraction of sp³-hybridized carbons (Fsp3) is 0.667. The maximum atomic E-state index is 12.6. The smallest absolute Gasteiger partial charge is 0.373 e.